The molecule has 2 nitrogen and oxygen atoms in total. The van der Waals surface area contributed by atoms with Crippen molar-refractivity contribution in [1.82, 2.24) is 4.90 Å². The molecule has 0 saturated heterocycles. The third kappa shape index (κ3) is 4.25. The van der Waals surface area contributed by atoms with Gasteiger partial charge in [-0.3, -0.25) is 0 Å². The summed E-state index contributed by atoms with van der Waals surface area (Å²) in [7, 11) is 4.24. The molecule has 0 spiro atoms. The van der Waals surface area contributed by atoms with Crippen LogP contribution in [0.3, 0.4) is 0 Å². The first-order valence-electron chi connectivity index (χ1n) is 6.25. The minimum Gasteiger partial charge on any atom is -0.368 e. The highest BCUT2D eigenvalue weighted by molar-refractivity contribution is 9.10. The number of hydrogen-bond acceptors (Lipinski definition) is 2. The van der Waals surface area contributed by atoms with Crippen LogP contribution < -0.4 is 4.90 Å². The van der Waals surface area contributed by atoms with Crippen LogP contribution in [-0.2, 0) is 5.33 Å². The lowest BCUT2D eigenvalue weighted by molar-refractivity contribution is 0.373. The summed E-state index contributed by atoms with van der Waals surface area (Å²) in [6, 6.07) is 7.11. The summed E-state index contributed by atoms with van der Waals surface area (Å²) in [5, 5.41) is 0.882. The van der Waals surface area contributed by atoms with E-state index in [9.17, 15) is 0 Å². The minimum absolute atomic E-state index is 0.506. The van der Waals surface area contributed by atoms with Gasteiger partial charge in [0.1, 0.15) is 0 Å². The number of benzene rings is 1. The van der Waals surface area contributed by atoms with Crippen molar-refractivity contribution in [2.45, 2.75) is 25.2 Å². The Bertz CT molecular complexity index is 380. The van der Waals surface area contributed by atoms with Gasteiger partial charge in [0.05, 0.1) is 0 Å². The number of alkyl halides is 1. The average Bonchev–Trinajstić information content (AvgIpc) is 2.29. The minimum atomic E-state index is 0.506. The second kappa shape index (κ2) is 7.51. The van der Waals surface area contributed by atoms with Gasteiger partial charge in [0, 0.05) is 34.6 Å². The maximum Gasteiger partial charge on any atom is 0.0388 e. The fourth-order valence-electron chi connectivity index (χ4n) is 2.20. The fourth-order valence-corrected chi connectivity index (χ4v) is 3.57. The number of anilines is 1. The summed E-state index contributed by atoms with van der Waals surface area (Å²) < 4.78 is 1.17. The van der Waals surface area contributed by atoms with E-state index in [1.54, 1.807) is 0 Å². The Hall–Kier alpha value is -0.0600. The Labute approximate surface area is 128 Å². The molecule has 1 rings (SSSR count). The maximum absolute atomic E-state index is 3.64. The molecule has 0 aromatic heterocycles. The van der Waals surface area contributed by atoms with Gasteiger partial charge in [0.25, 0.3) is 0 Å². The molecule has 1 unspecified atom stereocenters. The summed E-state index contributed by atoms with van der Waals surface area (Å²) in [6.07, 6.45) is 0. The molecule has 0 heterocycles. The van der Waals surface area contributed by atoms with Crippen LogP contribution in [0.25, 0.3) is 0 Å². The van der Waals surface area contributed by atoms with E-state index in [4.69, 9.17) is 0 Å². The zero-order chi connectivity index (χ0) is 13.7. The lowest BCUT2D eigenvalue weighted by Crippen LogP contribution is -2.40. The molecule has 0 N–H and O–H groups in total. The number of rotatable bonds is 6. The van der Waals surface area contributed by atoms with Crippen molar-refractivity contribution < 1.29 is 0 Å². The average molecular weight is 378 g/mol. The van der Waals surface area contributed by atoms with E-state index in [1.165, 1.54) is 15.7 Å². The molecular weight excluding hydrogens is 356 g/mol. The molecule has 1 aromatic carbocycles. The smallest absolute Gasteiger partial charge is 0.0388 e. The van der Waals surface area contributed by atoms with Gasteiger partial charge in [0.2, 0.25) is 0 Å². The summed E-state index contributed by atoms with van der Waals surface area (Å²) in [5.41, 5.74) is 2.57. The number of likely N-dealkylation sites (N-methyl/N-ethyl adjacent to an activating group) is 2. The van der Waals surface area contributed by atoms with Gasteiger partial charge in [-0.05, 0) is 45.6 Å². The van der Waals surface area contributed by atoms with Crippen LogP contribution in [0.1, 0.15) is 19.4 Å². The fraction of sp³-hybridized carbons (Fsp3) is 0.571. The molecule has 1 atom stereocenters. The SMILES string of the molecule is CCN(c1ccc(CBr)c(Br)c1)C(C)CN(C)C. The van der Waals surface area contributed by atoms with Crippen LogP contribution >= 0.6 is 31.9 Å². The van der Waals surface area contributed by atoms with Crippen LogP contribution in [-0.4, -0.2) is 38.1 Å². The quantitative estimate of drug-likeness (QED) is 0.688. The topological polar surface area (TPSA) is 6.48 Å². The molecular formula is C14H22Br2N2. The summed E-state index contributed by atoms with van der Waals surface area (Å²) in [5.74, 6) is 0. The van der Waals surface area contributed by atoms with Crippen molar-refractivity contribution in [3.63, 3.8) is 0 Å². The van der Waals surface area contributed by atoms with Crippen LogP contribution in [0.2, 0.25) is 0 Å². The first-order chi connectivity index (χ1) is 8.49. The summed E-state index contributed by atoms with van der Waals surface area (Å²) in [4.78, 5) is 4.66. The summed E-state index contributed by atoms with van der Waals surface area (Å²) >= 11 is 7.14. The molecule has 0 radical (unpaired) electrons. The molecule has 18 heavy (non-hydrogen) atoms. The Morgan fingerprint density at radius 1 is 1.28 bits per heavy atom. The van der Waals surface area contributed by atoms with Crippen LogP contribution in [0.4, 0.5) is 5.69 Å². The van der Waals surface area contributed by atoms with Gasteiger partial charge >= 0.3 is 0 Å². The predicted molar refractivity (Wildman–Crippen MR) is 87.8 cm³/mol. The zero-order valence-electron chi connectivity index (χ0n) is 11.6. The Morgan fingerprint density at radius 2 is 1.94 bits per heavy atom. The number of halogens is 2. The van der Waals surface area contributed by atoms with Crippen LogP contribution in [0.15, 0.2) is 22.7 Å². The van der Waals surface area contributed by atoms with Gasteiger partial charge in [-0.15, -0.1) is 0 Å². The first-order valence-corrected chi connectivity index (χ1v) is 8.16. The van der Waals surface area contributed by atoms with Gasteiger partial charge in [-0.2, -0.15) is 0 Å². The third-order valence-corrected chi connectivity index (χ3v) is 4.36. The van der Waals surface area contributed by atoms with E-state index in [-0.39, 0.29) is 0 Å². The second-order valence-electron chi connectivity index (χ2n) is 4.81. The molecule has 4 heteroatoms. The molecule has 0 aliphatic heterocycles. The van der Waals surface area contributed by atoms with Crippen molar-refractivity contribution in [1.29, 1.82) is 0 Å². The molecule has 0 bridgehead atoms. The maximum atomic E-state index is 3.64. The van der Waals surface area contributed by atoms with Crippen LogP contribution in [0, 0.1) is 0 Å². The largest absolute Gasteiger partial charge is 0.368 e. The first kappa shape index (κ1) is 16.0. The van der Waals surface area contributed by atoms with Crippen molar-refractivity contribution in [3.8, 4) is 0 Å². The van der Waals surface area contributed by atoms with E-state index < -0.39 is 0 Å². The molecule has 0 amide bonds. The van der Waals surface area contributed by atoms with E-state index >= 15 is 0 Å². The van der Waals surface area contributed by atoms with Gasteiger partial charge in [-0.25, -0.2) is 0 Å². The Kier molecular flexibility index (Phi) is 6.67. The third-order valence-electron chi connectivity index (χ3n) is 3.01. The van der Waals surface area contributed by atoms with Crippen molar-refractivity contribution in [2.75, 3.05) is 32.1 Å². The number of hydrogen-bond donors (Lipinski definition) is 0. The van der Waals surface area contributed by atoms with E-state index in [2.05, 4.69) is 87.8 Å². The highest BCUT2D eigenvalue weighted by atomic mass is 79.9. The van der Waals surface area contributed by atoms with Gasteiger partial charge in [0.15, 0.2) is 0 Å². The molecule has 0 fully saturated rings. The molecule has 102 valence electrons. The molecule has 1 aromatic rings. The molecule has 0 aliphatic carbocycles. The second-order valence-corrected chi connectivity index (χ2v) is 6.22. The Morgan fingerprint density at radius 3 is 2.39 bits per heavy atom. The molecule has 0 saturated carbocycles. The van der Waals surface area contributed by atoms with Crippen molar-refractivity contribution in [2.24, 2.45) is 0 Å². The lowest BCUT2D eigenvalue weighted by atomic mass is 10.1. The van der Waals surface area contributed by atoms with E-state index in [0.29, 0.717) is 6.04 Å². The standard InChI is InChI=1S/C14H22Br2N2/c1-5-18(11(2)10-17(3)4)13-7-6-12(9-15)14(16)8-13/h6-8,11H,5,9-10H2,1-4H3. The lowest BCUT2D eigenvalue weighted by Gasteiger charge is -2.32. The van der Waals surface area contributed by atoms with Crippen molar-refractivity contribution >= 4 is 37.5 Å². The van der Waals surface area contributed by atoms with Crippen molar-refractivity contribution in [3.05, 3.63) is 28.2 Å². The summed E-state index contributed by atoms with van der Waals surface area (Å²) in [6.45, 7) is 6.56. The van der Waals surface area contributed by atoms with Gasteiger partial charge < -0.3 is 9.80 Å². The highest BCUT2D eigenvalue weighted by Crippen LogP contribution is 2.26. The predicted octanol–water partition coefficient (Wildman–Crippen LogP) is 4.12. The monoisotopic (exact) mass is 376 g/mol. The van der Waals surface area contributed by atoms with E-state index in [0.717, 1.165) is 18.4 Å². The molecule has 0 aliphatic rings. The Balaban J connectivity index is 2.91. The number of nitrogens with zero attached hydrogens (tertiary/aromatic N) is 2. The van der Waals surface area contributed by atoms with Crippen LogP contribution in [0.5, 0.6) is 0 Å². The normalized spacial score (nSPS) is 12.8. The zero-order valence-corrected chi connectivity index (χ0v) is 14.8. The van der Waals surface area contributed by atoms with Gasteiger partial charge in [-0.1, -0.05) is 37.9 Å². The highest BCUT2D eigenvalue weighted by Gasteiger charge is 2.14. The van der Waals surface area contributed by atoms with E-state index in [1.807, 2.05) is 0 Å².